The van der Waals surface area contributed by atoms with Gasteiger partial charge in [0.25, 0.3) is 5.91 Å². The monoisotopic (exact) mass is 290 g/mol. The van der Waals surface area contributed by atoms with Crippen molar-refractivity contribution in [2.75, 3.05) is 25.0 Å². The molecule has 1 saturated carbocycles. The van der Waals surface area contributed by atoms with Gasteiger partial charge < -0.3 is 10.2 Å². The van der Waals surface area contributed by atoms with Crippen molar-refractivity contribution in [3.63, 3.8) is 0 Å². The average Bonchev–Trinajstić information content (AvgIpc) is 3.06. The quantitative estimate of drug-likeness (QED) is 0.920. The Bertz CT molecular complexity index is 520. The molecule has 1 aliphatic heterocycles. The Morgan fingerprint density at radius 1 is 1.33 bits per heavy atom. The average molecular weight is 290 g/mol. The summed E-state index contributed by atoms with van der Waals surface area (Å²) in [6.07, 6.45) is 4.66. The summed E-state index contributed by atoms with van der Waals surface area (Å²) in [5.74, 6) is 0.959. The molecule has 114 valence electrons. The van der Waals surface area contributed by atoms with Gasteiger partial charge in [-0.1, -0.05) is 19.4 Å². The second-order valence-electron chi connectivity index (χ2n) is 6.25. The van der Waals surface area contributed by atoms with Crippen LogP contribution in [0.15, 0.2) is 18.2 Å². The van der Waals surface area contributed by atoms with Crippen molar-refractivity contribution >= 4 is 11.6 Å². The molecule has 1 N–H and O–H groups in total. The van der Waals surface area contributed by atoms with Gasteiger partial charge in [0.15, 0.2) is 0 Å². The molecular weight excluding hydrogens is 267 g/mol. The van der Waals surface area contributed by atoms with E-state index in [9.17, 15) is 9.18 Å². The minimum atomic E-state index is -0.339. The van der Waals surface area contributed by atoms with Crippen LogP contribution in [0.1, 0.15) is 43.0 Å². The van der Waals surface area contributed by atoms with Gasteiger partial charge in [0.1, 0.15) is 5.82 Å². The molecule has 2 unspecified atom stereocenters. The number of likely N-dealkylation sites (tertiary alicyclic amines) is 1. The first kappa shape index (κ1) is 14.4. The van der Waals surface area contributed by atoms with Crippen LogP contribution in [0.3, 0.4) is 0 Å². The zero-order valence-corrected chi connectivity index (χ0v) is 12.6. The number of nitrogens with one attached hydrogen (secondary N) is 1. The number of rotatable bonds is 4. The molecule has 1 aromatic carbocycles. The third kappa shape index (κ3) is 2.76. The van der Waals surface area contributed by atoms with Crippen molar-refractivity contribution in [3.05, 3.63) is 29.6 Å². The number of halogens is 1. The maximum atomic E-state index is 14.0. The van der Waals surface area contributed by atoms with Gasteiger partial charge in [-0.2, -0.15) is 0 Å². The molecule has 1 saturated heterocycles. The highest BCUT2D eigenvalue weighted by atomic mass is 19.1. The van der Waals surface area contributed by atoms with Gasteiger partial charge in [0.05, 0.1) is 11.3 Å². The maximum Gasteiger partial charge on any atom is 0.256 e. The van der Waals surface area contributed by atoms with E-state index in [-0.39, 0.29) is 11.7 Å². The van der Waals surface area contributed by atoms with E-state index < -0.39 is 0 Å². The Morgan fingerprint density at radius 2 is 2.05 bits per heavy atom. The number of nitrogens with zero attached hydrogens (tertiary/aromatic N) is 1. The van der Waals surface area contributed by atoms with Gasteiger partial charge in [-0.15, -0.1) is 0 Å². The summed E-state index contributed by atoms with van der Waals surface area (Å²) in [5, 5.41) is 3.06. The summed E-state index contributed by atoms with van der Waals surface area (Å²) in [6.45, 7) is 4.38. The van der Waals surface area contributed by atoms with Gasteiger partial charge in [-0.05, 0) is 43.2 Å². The highest BCUT2D eigenvalue weighted by molar-refractivity contribution is 5.99. The van der Waals surface area contributed by atoms with E-state index >= 15 is 0 Å². The highest BCUT2D eigenvalue weighted by Gasteiger charge is 2.38. The van der Waals surface area contributed by atoms with E-state index in [1.165, 1.54) is 25.3 Å². The van der Waals surface area contributed by atoms with E-state index in [0.717, 1.165) is 19.5 Å². The summed E-state index contributed by atoms with van der Waals surface area (Å²) in [5.41, 5.74) is 0.838. The molecule has 3 rings (SSSR count). The Labute approximate surface area is 125 Å². The van der Waals surface area contributed by atoms with Crippen LogP contribution in [0.5, 0.6) is 0 Å². The number of para-hydroxylation sites is 1. The van der Waals surface area contributed by atoms with Crippen LogP contribution in [0, 0.1) is 17.7 Å². The number of benzene rings is 1. The van der Waals surface area contributed by atoms with Gasteiger partial charge in [-0.3, -0.25) is 4.79 Å². The van der Waals surface area contributed by atoms with E-state index in [1.54, 1.807) is 12.1 Å². The van der Waals surface area contributed by atoms with E-state index in [0.29, 0.717) is 29.6 Å². The van der Waals surface area contributed by atoms with E-state index in [1.807, 2.05) is 11.8 Å². The SMILES string of the molecule is CCCNc1c(F)cccc1C(=O)N1CC2CCCC2C1. The van der Waals surface area contributed by atoms with Gasteiger partial charge in [0, 0.05) is 19.6 Å². The second-order valence-corrected chi connectivity index (χ2v) is 6.25. The number of fused-ring (bicyclic) bond motifs is 1. The van der Waals surface area contributed by atoms with Crippen molar-refractivity contribution < 1.29 is 9.18 Å². The molecule has 0 bridgehead atoms. The molecule has 0 spiro atoms. The summed E-state index contributed by atoms with van der Waals surface area (Å²) >= 11 is 0. The second kappa shape index (κ2) is 6.04. The third-order valence-electron chi connectivity index (χ3n) is 4.81. The zero-order valence-electron chi connectivity index (χ0n) is 12.6. The summed E-state index contributed by atoms with van der Waals surface area (Å²) < 4.78 is 14.0. The molecule has 1 aliphatic carbocycles. The molecule has 2 atom stereocenters. The molecule has 0 radical (unpaired) electrons. The minimum absolute atomic E-state index is 0.0255. The molecule has 21 heavy (non-hydrogen) atoms. The van der Waals surface area contributed by atoms with Crippen LogP contribution < -0.4 is 5.32 Å². The number of carbonyl (C=O) groups excluding carboxylic acids is 1. The van der Waals surface area contributed by atoms with Crippen molar-refractivity contribution in [2.45, 2.75) is 32.6 Å². The van der Waals surface area contributed by atoms with Crippen LogP contribution in [0.2, 0.25) is 0 Å². The van der Waals surface area contributed by atoms with E-state index in [2.05, 4.69) is 5.32 Å². The first-order valence-electron chi connectivity index (χ1n) is 8.02. The zero-order chi connectivity index (χ0) is 14.8. The Kier molecular flexibility index (Phi) is 4.13. The van der Waals surface area contributed by atoms with E-state index in [4.69, 9.17) is 0 Å². The van der Waals surface area contributed by atoms with Crippen molar-refractivity contribution in [1.29, 1.82) is 0 Å². The molecule has 1 heterocycles. The normalized spacial score (nSPS) is 24.2. The Hall–Kier alpha value is -1.58. The minimum Gasteiger partial charge on any atom is -0.382 e. The van der Waals surface area contributed by atoms with Crippen LogP contribution >= 0.6 is 0 Å². The van der Waals surface area contributed by atoms with Crippen molar-refractivity contribution in [3.8, 4) is 0 Å². The predicted molar refractivity (Wildman–Crippen MR) is 81.9 cm³/mol. The fourth-order valence-electron chi connectivity index (χ4n) is 3.70. The fraction of sp³-hybridized carbons (Fsp3) is 0.588. The standard InChI is InChI=1S/C17H23FN2O/c1-2-9-19-16-14(7-4-8-15(16)18)17(21)20-10-12-5-3-6-13(12)11-20/h4,7-8,12-13,19H,2-3,5-6,9-11H2,1H3. The summed E-state index contributed by atoms with van der Waals surface area (Å²) in [6, 6.07) is 4.77. The number of hydrogen-bond acceptors (Lipinski definition) is 2. The topological polar surface area (TPSA) is 32.3 Å². The van der Waals surface area contributed by atoms with Crippen LogP contribution in [0.4, 0.5) is 10.1 Å². The summed E-state index contributed by atoms with van der Waals surface area (Å²) in [4.78, 5) is 14.7. The molecule has 0 aromatic heterocycles. The lowest BCUT2D eigenvalue weighted by Crippen LogP contribution is -2.30. The van der Waals surface area contributed by atoms with Gasteiger partial charge >= 0.3 is 0 Å². The lowest BCUT2D eigenvalue weighted by Gasteiger charge is -2.20. The highest BCUT2D eigenvalue weighted by Crippen LogP contribution is 2.38. The molecule has 1 amide bonds. The number of anilines is 1. The molecule has 2 fully saturated rings. The molecular formula is C17H23FN2O. The molecule has 1 aromatic rings. The first-order chi connectivity index (χ1) is 10.2. The summed E-state index contributed by atoms with van der Waals surface area (Å²) in [7, 11) is 0. The van der Waals surface area contributed by atoms with Crippen LogP contribution in [-0.4, -0.2) is 30.4 Å². The maximum absolute atomic E-state index is 14.0. The number of carbonyl (C=O) groups is 1. The lowest BCUT2D eigenvalue weighted by molar-refractivity contribution is 0.0781. The molecule has 4 heteroatoms. The fourth-order valence-corrected chi connectivity index (χ4v) is 3.70. The largest absolute Gasteiger partial charge is 0.382 e. The first-order valence-corrected chi connectivity index (χ1v) is 8.02. The smallest absolute Gasteiger partial charge is 0.256 e. The lowest BCUT2D eigenvalue weighted by atomic mass is 10.0. The van der Waals surface area contributed by atoms with Gasteiger partial charge in [-0.25, -0.2) is 4.39 Å². The van der Waals surface area contributed by atoms with Crippen LogP contribution in [0.25, 0.3) is 0 Å². The predicted octanol–water partition coefficient (Wildman–Crippen LogP) is 3.52. The Balaban J connectivity index is 1.79. The van der Waals surface area contributed by atoms with Crippen molar-refractivity contribution in [1.82, 2.24) is 4.90 Å². The third-order valence-corrected chi connectivity index (χ3v) is 4.81. The number of amides is 1. The van der Waals surface area contributed by atoms with Crippen molar-refractivity contribution in [2.24, 2.45) is 11.8 Å². The van der Waals surface area contributed by atoms with Crippen LogP contribution in [-0.2, 0) is 0 Å². The number of hydrogen-bond donors (Lipinski definition) is 1. The molecule has 2 aliphatic rings. The Morgan fingerprint density at radius 3 is 2.71 bits per heavy atom. The van der Waals surface area contributed by atoms with Gasteiger partial charge in [0.2, 0.25) is 0 Å². The molecule has 3 nitrogen and oxygen atoms in total.